The van der Waals surface area contributed by atoms with Crippen LogP contribution in [-0.2, 0) is 16.0 Å². The highest BCUT2D eigenvalue weighted by atomic mass is 32.1. The van der Waals surface area contributed by atoms with Crippen LogP contribution in [0.4, 0.5) is 0 Å². The molecule has 1 aromatic rings. The summed E-state index contributed by atoms with van der Waals surface area (Å²) in [5, 5.41) is 4.02. The molecule has 1 aromatic heterocycles. The summed E-state index contributed by atoms with van der Waals surface area (Å²) < 4.78 is 5.45. The van der Waals surface area contributed by atoms with Crippen LogP contribution in [0.5, 0.6) is 0 Å². The number of ketones is 1. The van der Waals surface area contributed by atoms with Crippen LogP contribution < -0.4 is 0 Å². The fourth-order valence-electron chi connectivity index (χ4n) is 1.51. The summed E-state index contributed by atoms with van der Waals surface area (Å²) in [4.78, 5) is 11.9. The predicted molar refractivity (Wildman–Crippen MR) is 63.4 cm³/mol. The maximum absolute atomic E-state index is 11.9. The second-order valence-corrected chi connectivity index (χ2v) is 4.29. The Labute approximate surface area is 95.3 Å². The first-order valence-corrected chi connectivity index (χ1v) is 6.37. The van der Waals surface area contributed by atoms with Gasteiger partial charge in [0.2, 0.25) is 0 Å². The summed E-state index contributed by atoms with van der Waals surface area (Å²) in [5.41, 5.74) is 1.10. The quantitative estimate of drug-likeness (QED) is 0.714. The van der Waals surface area contributed by atoms with E-state index in [9.17, 15) is 4.79 Å². The van der Waals surface area contributed by atoms with Gasteiger partial charge in [0, 0.05) is 13.0 Å². The van der Waals surface area contributed by atoms with E-state index >= 15 is 0 Å². The monoisotopic (exact) mass is 226 g/mol. The number of rotatable bonds is 7. The molecule has 0 bridgehead atoms. The van der Waals surface area contributed by atoms with E-state index in [0.717, 1.165) is 18.4 Å². The Hall–Kier alpha value is -0.670. The molecule has 3 heteroatoms. The van der Waals surface area contributed by atoms with Gasteiger partial charge in [-0.3, -0.25) is 4.79 Å². The molecule has 0 fully saturated rings. The Balaban J connectivity index is 2.48. The number of carbonyl (C=O) groups excluding carboxylic acids is 1. The Morgan fingerprint density at radius 1 is 1.53 bits per heavy atom. The minimum absolute atomic E-state index is 0.206. The standard InChI is InChI=1S/C12H18O2S/c1-3-5-12(14-4-2)11(13)8-10-6-7-15-9-10/h6-7,9,12H,3-5,8H2,1-2H3. The van der Waals surface area contributed by atoms with Crippen LogP contribution >= 0.6 is 11.3 Å². The minimum atomic E-state index is -0.208. The first-order chi connectivity index (χ1) is 7.27. The number of hydrogen-bond donors (Lipinski definition) is 0. The van der Waals surface area contributed by atoms with Crippen molar-refractivity contribution in [3.05, 3.63) is 22.4 Å². The maximum Gasteiger partial charge on any atom is 0.165 e. The number of Topliss-reactive ketones (excluding diaryl/α,β-unsaturated/α-hetero) is 1. The van der Waals surface area contributed by atoms with Gasteiger partial charge in [0.1, 0.15) is 6.10 Å². The molecule has 0 radical (unpaired) electrons. The third kappa shape index (κ3) is 4.14. The second kappa shape index (κ2) is 6.75. The molecule has 0 aliphatic heterocycles. The fourth-order valence-corrected chi connectivity index (χ4v) is 2.18. The van der Waals surface area contributed by atoms with E-state index in [2.05, 4.69) is 6.92 Å². The molecule has 1 unspecified atom stereocenters. The summed E-state index contributed by atoms with van der Waals surface area (Å²) in [6.45, 7) is 4.62. The molecule has 0 aliphatic carbocycles. The number of hydrogen-bond acceptors (Lipinski definition) is 3. The summed E-state index contributed by atoms with van der Waals surface area (Å²) in [6.07, 6.45) is 2.12. The van der Waals surface area contributed by atoms with Gasteiger partial charge < -0.3 is 4.74 Å². The van der Waals surface area contributed by atoms with Gasteiger partial charge in [0.15, 0.2) is 5.78 Å². The molecule has 1 rings (SSSR count). The lowest BCUT2D eigenvalue weighted by molar-refractivity contribution is -0.130. The van der Waals surface area contributed by atoms with Crippen molar-refractivity contribution < 1.29 is 9.53 Å². The average Bonchev–Trinajstić information content (AvgIpc) is 2.70. The van der Waals surface area contributed by atoms with Gasteiger partial charge in [0.05, 0.1) is 0 Å². The zero-order chi connectivity index (χ0) is 11.1. The highest BCUT2D eigenvalue weighted by Gasteiger charge is 2.17. The topological polar surface area (TPSA) is 26.3 Å². The van der Waals surface area contributed by atoms with Crippen LogP contribution in [0.15, 0.2) is 16.8 Å². The van der Waals surface area contributed by atoms with E-state index < -0.39 is 0 Å². The van der Waals surface area contributed by atoms with Gasteiger partial charge in [-0.1, -0.05) is 13.3 Å². The van der Waals surface area contributed by atoms with Gasteiger partial charge in [-0.2, -0.15) is 11.3 Å². The summed E-state index contributed by atoms with van der Waals surface area (Å²) in [7, 11) is 0. The SMILES string of the molecule is CCCC(OCC)C(=O)Cc1ccsc1. The molecule has 15 heavy (non-hydrogen) atoms. The molecular formula is C12H18O2S. The predicted octanol–water partition coefficient (Wildman–Crippen LogP) is 3.06. The van der Waals surface area contributed by atoms with E-state index in [0.29, 0.717) is 13.0 Å². The molecule has 1 heterocycles. The second-order valence-electron chi connectivity index (χ2n) is 3.51. The van der Waals surface area contributed by atoms with Crippen LogP contribution in [0.1, 0.15) is 32.3 Å². The van der Waals surface area contributed by atoms with E-state index in [1.807, 2.05) is 23.8 Å². The molecule has 84 valence electrons. The average molecular weight is 226 g/mol. The van der Waals surface area contributed by atoms with Crippen molar-refractivity contribution in [1.29, 1.82) is 0 Å². The molecule has 2 nitrogen and oxygen atoms in total. The molecule has 1 atom stereocenters. The van der Waals surface area contributed by atoms with E-state index in [4.69, 9.17) is 4.74 Å². The van der Waals surface area contributed by atoms with E-state index in [1.165, 1.54) is 0 Å². The highest BCUT2D eigenvalue weighted by Crippen LogP contribution is 2.11. The minimum Gasteiger partial charge on any atom is -0.371 e. The summed E-state index contributed by atoms with van der Waals surface area (Å²) in [5.74, 6) is 0.206. The fraction of sp³-hybridized carbons (Fsp3) is 0.583. The Kier molecular flexibility index (Phi) is 5.58. The lowest BCUT2D eigenvalue weighted by atomic mass is 10.0. The normalized spacial score (nSPS) is 12.7. The van der Waals surface area contributed by atoms with Crippen molar-refractivity contribution >= 4 is 17.1 Å². The Morgan fingerprint density at radius 3 is 2.87 bits per heavy atom. The van der Waals surface area contributed by atoms with Crippen molar-refractivity contribution in [2.75, 3.05) is 6.61 Å². The van der Waals surface area contributed by atoms with Gasteiger partial charge in [0.25, 0.3) is 0 Å². The number of ether oxygens (including phenoxy) is 1. The van der Waals surface area contributed by atoms with Crippen LogP contribution in [-0.4, -0.2) is 18.5 Å². The van der Waals surface area contributed by atoms with Gasteiger partial charge in [-0.05, 0) is 35.7 Å². The van der Waals surface area contributed by atoms with Crippen LogP contribution in [0.2, 0.25) is 0 Å². The van der Waals surface area contributed by atoms with Crippen molar-refractivity contribution in [3.63, 3.8) is 0 Å². The van der Waals surface area contributed by atoms with Crippen molar-refractivity contribution in [1.82, 2.24) is 0 Å². The number of carbonyl (C=O) groups is 1. The zero-order valence-corrected chi connectivity index (χ0v) is 10.2. The largest absolute Gasteiger partial charge is 0.371 e. The molecule has 0 amide bonds. The Morgan fingerprint density at radius 2 is 2.33 bits per heavy atom. The molecule has 0 saturated carbocycles. The lowest BCUT2D eigenvalue weighted by Gasteiger charge is -2.14. The molecule has 0 N–H and O–H groups in total. The van der Waals surface area contributed by atoms with Crippen molar-refractivity contribution in [2.45, 2.75) is 39.2 Å². The maximum atomic E-state index is 11.9. The highest BCUT2D eigenvalue weighted by molar-refractivity contribution is 7.07. The summed E-state index contributed by atoms with van der Waals surface area (Å²) >= 11 is 1.63. The van der Waals surface area contributed by atoms with Crippen LogP contribution in [0.3, 0.4) is 0 Å². The summed E-state index contributed by atoms with van der Waals surface area (Å²) in [6, 6.07) is 2.00. The van der Waals surface area contributed by atoms with E-state index in [-0.39, 0.29) is 11.9 Å². The van der Waals surface area contributed by atoms with Gasteiger partial charge in [-0.25, -0.2) is 0 Å². The molecular weight excluding hydrogens is 208 g/mol. The first kappa shape index (κ1) is 12.4. The van der Waals surface area contributed by atoms with Gasteiger partial charge >= 0.3 is 0 Å². The molecule has 0 aromatic carbocycles. The third-order valence-corrected chi connectivity index (χ3v) is 2.97. The first-order valence-electron chi connectivity index (χ1n) is 5.43. The van der Waals surface area contributed by atoms with Crippen molar-refractivity contribution in [2.24, 2.45) is 0 Å². The third-order valence-electron chi connectivity index (χ3n) is 2.24. The number of thiophene rings is 1. The van der Waals surface area contributed by atoms with Gasteiger partial charge in [-0.15, -0.1) is 0 Å². The zero-order valence-electron chi connectivity index (χ0n) is 9.36. The van der Waals surface area contributed by atoms with Crippen LogP contribution in [0.25, 0.3) is 0 Å². The molecule has 0 aliphatic rings. The Bertz CT molecular complexity index is 274. The lowest BCUT2D eigenvalue weighted by Crippen LogP contribution is -2.25. The van der Waals surface area contributed by atoms with Crippen molar-refractivity contribution in [3.8, 4) is 0 Å². The molecule has 0 saturated heterocycles. The molecule has 0 spiro atoms. The van der Waals surface area contributed by atoms with Crippen LogP contribution in [0, 0.1) is 0 Å². The smallest absolute Gasteiger partial charge is 0.165 e. The van der Waals surface area contributed by atoms with E-state index in [1.54, 1.807) is 11.3 Å².